The molecule has 0 aliphatic carbocycles. The molecule has 1 nitrogen and oxygen atoms in total. The average Bonchev–Trinajstić information content (AvgIpc) is 2.31. The zero-order valence-corrected chi connectivity index (χ0v) is 11.6. The fraction of sp³-hybridized carbons (Fsp3) is 0.294. The van der Waals surface area contributed by atoms with E-state index >= 15 is 0 Å². The number of benzene rings is 2. The van der Waals surface area contributed by atoms with E-state index in [9.17, 15) is 9.50 Å². The molecular formula is C17H19FO. The molecule has 2 heteroatoms. The molecule has 1 N–H and O–H groups in total. The van der Waals surface area contributed by atoms with Crippen molar-refractivity contribution in [2.24, 2.45) is 0 Å². The van der Waals surface area contributed by atoms with Gasteiger partial charge in [0.05, 0.1) is 6.10 Å². The Bertz CT molecular complexity index is 570. The normalized spacial score (nSPS) is 12.5. The Balaban J connectivity index is 2.20. The second kappa shape index (κ2) is 5.54. The van der Waals surface area contributed by atoms with E-state index in [1.54, 1.807) is 19.1 Å². The van der Waals surface area contributed by atoms with Crippen LogP contribution in [0.2, 0.25) is 0 Å². The van der Waals surface area contributed by atoms with Crippen LogP contribution in [0.5, 0.6) is 0 Å². The number of aryl methyl sites for hydroxylation is 3. The minimum atomic E-state index is -0.597. The van der Waals surface area contributed by atoms with Crippen LogP contribution < -0.4 is 0 Å². The van der Waals surface area contributed by atoms with Gasteiger partial charge < -0.3 is 5.11 Å². The lowest BCUT2D eigenvalue weighted by atomic mass is 9.97. The van der Waals surface area contributed by atoms with E-state index in [0.717, 1.165) is 11.1 Å². The zero-order chi connectivity index (χ0) is 14.0. The summed E-state index contributed by atoms with van der Waals surface area (Å²) in [4.78, 5) is 0. The van der Waals surface area contributed by atoms with E-state index in [-0.39, 0.29) is 5.82 Å². The van der Waals surface area contributed by atoms with Gasteiger partial charge in [-0.2, -0.15) is 0 Å². The SMILES string of the molecule is Cc1cc(C)cc(CC(O)c2ccc(F)c(C)c2)c1. The summed E-state index contributed by atoms with van der Waals surface area (Å²) < 4.78 is 13.2. The summed E-state index contributed by atoms with van der Waals surface area (Å²) in [6.07, 6.45) is -0.0476. The summed E-state index contributed by atoms with van der Waals surface area (Å²) in [5, 5.41) is 10.2. The number of aliphatic hydroxyl groups excluding tert-OH is 1. The van der Waals surface area contributed by atoms with Gasteiger partial charge in [0.2, 0.25) is 0 Å². The second-order valence-corrected chi connectivity index (χ2v) is 5.22. The molecule has 0 bridgehead atoms. The molecule has 2 rings (SSSR count). The number of aliphatic hydroxyl groups is 1. The lowest BCUT2D eigenvalue weighted by Crippen LogP contribution is -2.03. The number of rotatable bonds is 3. The van der Waals surface area contributed by atoms with E-state index in [1.807, 2.05) is 13.8 Å². The van der Waals surface area contributed by atoms with Crippen LogP contribution >= 0.6 is 0 Å². The number of hydrogen-bond acceptors (Lipinski definition) is 1. The second-order valence-electron chi connectivity index (χ2n) is 5.22. The molecule has 0 radical (unpaired) electrons. The Kier molecular flexibility index (Phi) is 4.01. The lowest BCUT2D eigenvalue weighted by molar-refractivity contribution is 0.178. The Morgan fingerprint density at radius 1 is 1.00 bits per heavy atom. The Hall–Kier alpha value is -1.67. The Morgan fingerprint density at radius 2 is 1.63 bits per heavy atom. The highest BCUT2D eigenvalue weighted by Crippen LogP contribution is 2.21. The molecule has 1 atom stereocenters. The molecule has 19 heavy (non-hydrogen) atoms. The van der Waals surface area contributed by atoms with Crippen molar-refractivity contribution in [3.05, 3.63) is 70.0 Å². The minimum Gasteiger partial charge on any atom is -0.388 e. The molecule has 0 heterocycles. The monoisotopic (exact) mass is 258 g/mol. The first-order valence-corrected chi connectivity index (χ1v) is 6.47. The Labute approximate surface area is 113 Å². The van der Waals surface area contributed by atoms with Gasteiger partial charge >= 0.3 is 0 Å². The lowest BCUT2D eigenvalue weighted by Gasteiger charge is -2.13. The molecule has 0 amide bonds. The van der Waals surface area contributed by atoms with Crippen LogP contribution in [0.1, 0.15) is 33.9 Å². The smallest absolute Gasteiger partial charge is 0.126 e. The molecule has 0 aliphatic heterocycles. The van der Waals surface area contributed by atoms with Crippen LogP contribution in [0.4, 0.5) is 4.39 Å². The molecule has 0 aliphatic rings. The van der Waals surface area contributed by atoms with Crippen LogP contribution in [0.15, 0.2) is 36.4 Å². The van der Waals surface area contributed by atoms with E-state index in [2.05, 4.69) is 18.2 Å². The van der Waals surface area contributed by atoms with E-state index in [1.165, 1.54) is 17.2 Å². The zero-order valence-electron chi connectivity index (χ0n) is 11.6. The standard InChI is InChI=1S/C17H19FO/c1-11-6-12(2)8-14(7-11)10-17(19)15-4-5-16(18)13(3)9-15/h4-9,17,19H,10H2,1-3H3. The van der Waals surface area contributed by atoms with Gasteiger partial charge in [-0.3, -0.25) is 0 Å². The molecule has 2 aromatic carbocycles. The van der Waals surface area contributed by atoms with Gasteiger partial charge in [0.1, 0.15) is 5.82 Å². The van der Waals surface area contributed by atoms with Crippen molar-refractivity contribution in [1.29, 1.82) is 0 Å². The molecule has 2 aromatic rings. The first-order valence-electron chi connectivity index (χ1n) is 6.47. The summed E-state index contributed by atoms with van der Waals surface area (Å²) >= 11 is 0. The first kappa shape index (κ1) is 13.8. The first-order chi connectivity index (χ1) is 8.95. The fourth-order valence-corrected chi connectivity index (χ4v) is 2.40. The molecule has 100 valence electrons. The van der Waals surface area contributed by atoms with Crippen molar-refractivity contribution in [2.75, 3.05) is 0 Å². The summed E-state index contributed by atoms with van der Waals surface area (Å²) in [5.74, 6) is -0.234. The number of halogens is 1. The van der Waals surface area contributed by atoms with Crippen LogP contribution in [0.3, 0.4) is 0 Å². The topological polar surface area (TPSA) is 20.2 Å². The maximum atomic E-state index is 13.2. The van der Waals surface area contributed by atoms with E-state index in [4.69, 9.17) is 0 Å². The highest BCUT2D eigenvalue weighted by Gasteiger charge is 2.10. The third kappa shape index (κ3) is 3.42. The Morgan fingerprint density at radius 3 is 2.21 bits per heavy atom. The largest absolute Gasteiger partial charge is 0.388 e. The molecule has 0 spiro atoms. The van der Waals surface area contributed by atoms with Crippen molar-refractivity contribution in [1.82, 2.24) is 0 Å². The molecule has 0 fully saturated rings. The molecule has 0 saturated heterocycles. The predicted molar refractivity (Wildman–Crippen MR) is 75.7 cm³/mol. The summed E-state index contributed by atoms with van der Waals surface area (Å²) in [6.45, 7) is 5.80. The third-order valence-electron chi connectivity index (χ3n) is 3.28. The van der Waals surface area contributed by atoms with Gasteiger partial charge in [-0.15, -0.1) is 0 Å². The van der Waals surface area contributed by atoms with Crippen molar-refractivity contribution in [3.8, 4) is 0 Å². The molecular weight excluding hydrogens is 239 g/mol. The van der Waals surface area contributed by atoms with E-state index < -0.39 is 6.10 Å². The van der Waals surface area contributed by atoms with Crippen LogP contribution in [0, 0.1) is 26.6 Å². The van der Waals surface area contributed by atoms with Gasteiger partial charge in [0, 0.05) is 6.42 Å². The van der Waals surface area contributed by atoms with Gasteiger partial charge in [0.15, 0.2) is 0 Å². The predicted octanol–water partition coefficient (Wildman–Crippen LogP) is 4.03. The molecule has 0 aromatic heterocycles. The van der Waals surface area contributed by atoms with Crippen molar-refractivity contribution in [3.63, 3.8) is 0 Å². The van der Waals surface area contributed by atoms with Crippen molar-refractivity contribution >= 4 is 0 Å². The van der Waals surface area contributed by atoms with Crippen LogP contribution in [0.25, 0.3) is 0 Å². The number of hydrogen-bond donors (Lipinski definition) is 1. The fourth-order valence-electron chi connectivity index (χ4n) is 2.40. The van der Waals surface area contributed by atoms with Crippen molar-refractivity contribution in [2.45, 2.75) is 33.3 Å². The minimum absolute atomic E-state index is 0.234. The summed E-state index contributed by atoms with van der Waals surface area (Å²) in [7, 11) is 0. The summed E-state index contributed by atoms with van der Waals surface area (Å²) in [5.41, 5.74) is 4.82. The highest BCUT2D eigenvalue weighted by atomic mass is 19.1. The van der Waals surface area contributed by atoms with Crippen molar-refractivity contribution < 1.29 is 9.50 Å². The van der Waals surface area contributed by atoms with Gasteiger partial charge in [-0.05, 0) is 43.5 Å². The van der Waals surface area contributed by atoms with Gasteiger partial charge in [-0.25, -0.2) is 4.39 Å². The van der Waals surface area contributed by atoms with Crippen LogP contribution in [-0.2, 0) is 6.42 Å². The van der Waals surface area contributed by atoms with Gasteiger partial charge in [-0.1, -0.05) is 41.5 Å². The summed E-state index contributed by atoms with van der Waals surface area (Å²) in [6, 6.07) is 11.0. The molecule has 0 saturated carbocycles. The quantitative estimate of drug-likeness (QED) is 0.881. The maximum absolute atomic E-state index is 13.2. The van der Waals surface area contributed by atoms with Gasteiger partial charge in [0.25, 0.3) is 0 Å². The maximum Gasteiger partial charge on any atom is 0.126 e. The average molecular weight is 258 g/mol. The van der Waals surface area contributed by atoms with E-state index in [0.29, 0.717) is 12.0 Å². The van der Waals surface area contributed by atoms with Crippen LogP contribution in [-0.4, -0.2) is 5.11 Å². The highest BCUT2D eigenvalue weighted by molar-refractivity contribution is 5.31. The third-order valence-corrected chi connectivity index (χ3v) is 3.28. The molecule has 1 unspecified atom stereocenters.